The smallest absolute Gasteiger partial charge is 0.112 e. The molecule has 2 N–H and O–H groups in total. The monoisotopic (exact) mass is 235 g/mol. The Balaban J connectivity index is 2.09. The second-order valence-corrected chi connectivity index (χ2v) is 5.60. The molecule has 0 aliphatic carbocycles. The Morgan fingerprint density at radius 2 is 2.12 bits per heavy atom. The number of nitrogens with zero attached hydrogens (tertiary/aromatic N) is 2. The summed E-state index contributed by atoms with van der Waals surface area (Å²) in [5, 5.41) is 0. The summed E-state index contributed by atoms with van der Waals surface area (Å²) in [6, 6.07) is 0.252. The fraction of sp³-hybridized carbons (Fsp3) is 0.769. The molecule has 4 heteroatoms. The first-order chi connectivity index (χ1) is 8.06. The molecule has 0 bridgehead atoms. The van der Waals surface area contributed by atoms with Gasteiger partial charge < -0.3 is 15.0 Å². The van der Waals surface area contributed by atoms with E-state index in [0.29, 0.717) is 5.92 Å². The first-order valence-corrected chi connectivity index (χ1v) is 6.56. The van der Waals surface area contributed by atoms with Crippen molar-refractivity contribution in [3.05, 3.63) is 17.2 Å². The SMILES string of the molecule is CC1Cc2nc3n(c2C(C)O1)CC(N)CC3C. The van der Waals surface area contributed by atoms with Crippen molar-refractivity contribution in [2.24, 2.45) is 5.73 Å². The third-order valence-electron chi connectivity index (χ3n) is 3.93. The van der Waals surface area contributed by atoms with Crippen LogP contribution in [0.4, 0.5) is 0 Å². The zero-order chi connectivity index (χ0) is 12.2. The quantitative estimate of drug-likeness (QED) is 0.745. The van der Waals surface area contributed by atoms with E-state index in [2.05, 4.69) is 25.3 Å². The second kappa shape index (κ2) is 3.82. The van der Waals surface area contributed by atoms with Gasteiger partial charge in [0.2, 0.25) is 0 Å². The van der Waals surface area contributed by atoms with Crippen molar-refractivity contribution in [1.29, 1.82) is 0 Å². The van der Waals surface area contributed by atoms with E-state index < -0.39 is 0 Å². The minimum Gasteiger partial charge on any atom is -0.369 e. The highest BCUT2D eigenvalue weighted by Crippen LogP contribution is 2.35. The molecule has 0 fully saturated rings. The van der Waals surface area contributed by atoms with Crippen LogP contribution >= 0.6 is 0 Å². The van der Waals surface area contributed by atoms with Crippen molar-refractivity contribution in [1.82, 2.24) is 9.55 Å². The lowest BCUT2D eigenvalue weighted by Crippen LogP contribution is -2.35. The van der Waals surface area contributed by atoms with Crippen LogP contribution in [0, 0.1) is 0 Å². The summed E-state index contributed by atoms with van der Waals surface area (Å²) in [6.07, 6.45) is 2.40. The van der Waals surface area contributed by atoms with Gasteiger partial charge in [-0.3, -0.25) is 0 Å². The Bertz CT molecular complexity index is 440. The Morgan fingerprint density at radius 3 is 2.88 bits per heavy atom. The normalized spacial score (nSPS) is 36.5. The Kier molecular flexibility index (Phi) is 2.52. The number of imidazole rings is 1. The number of hydrogen-bond donors (Lipinski definition) is 1. The van der Waals surface area contributed by atoms with Gasteiger partial charge in [-0.15, -0.1) is 0 Å². The summed E-state index contributed by atoms with van der Waals surface area (Å²) in [6.45, 7) is 7.35. The highest BCUT2D eigenvalue weighted by molar-refractivity contribution is 5.25. The number of hydrogen-bond acceptors (Lipinski definition) is 3. The van der Waals surface area contributed by atoms with E-state index in [1.54, 1.807) is 0 Å². The fourth-order valence-corrected chi connectivity index (χ4v) is 3.31. The van der Waals surface area contributed by atoms with Crippen LogP contribution in [0.1, 0.15) is 56.4 Å². The van der Waals surface area contributed by atoms with E-state index in [4.69, 9.17) is 15.5 Å². The molecule has 0 amide bonds. The molecule has 4 atom stereocenters. The molecule has 0 saturated heterocycles. The topological polar surface area (TPSA) is 53.1 Å². The average molecular weight is 235 g/mol. The number of nitrogens with two attached hydrogens (primary N) is 1. The Labute approximate surface area is 102 Å². The standard InChI is InChI=1S/C13H21N3O/c1-7-4-10(14)6-16-12-9(3)17-8(2)5-11(12)15-13(7)16/h7-10H,4-6,14H2,1-3H3. The highest BCUT2D eigenvalue weighted by Gasteiger charge is 2.33. The molecule has 0 spiro atoms. The van der Waals surface area contributed by atoms with E-state index in [1.807, 2.05) is 0 Å². The first-order valence-electron chi connectivity index (χ1n) is 6.56. The van der Waals surface area contributed by atoms with Crippen LogP contribution in [0.25, 0.3) is 0 Å². The van der Waals surface area contributed by atoms with Gasteiger partial charge in [0.05, 0.1) is 23.6 Å². The van der Waals surface area contributed by atoms with Crippen molar-refractivity contribution in [3.8, 4) is 0 Å². The molecule has 0 saturated carbocycles. The van der Waals surface area contributed by atoms with Crippen LogP contribution in [-0.2, 0) is 17.7 Å². The summed E-state index contributed by atoms with van der Waals surface area (Å²) in [5.41, 5.74) is 8.61. The summed E-state index contributed by atoms with van der Waals surface area (Å²) in [4.78, 5) is 4.84. The molecule has 0 radical (unpaired) electrons. The van der Waals surface area contributed by atoms with Gasteiger partial charge >= 0.3 is 0 Å². The van der Waals surface area contributed by atoms with E-state index in [0.717, 1.165) is 19.4 Å². The van der Waals surface area contributed by atoms with Crippen LogP contribution < -0.4 is 5.73 Å². The average Bonchev–Trinajstić information content (AvgIpc) is 2.56. The molecule has 2 aliphatic heterocycles. The number of aromatic nitrogens is 2. The molecular weight excluding hydrogens is 214 g/mol. The minimum atomic E-state index is 0.146. The molecule has 1 aromatic rings. The molecule has 3 heterocycles. The lowest BCUT2D eigenvalue weighted by atomic mass is 9.97. The van der Waals surface area contributed by atoms with Crippen LogP contribution in [0.2, 0.25) is 0 Å². The van der Waals surface area contributed by atoms with E-state index in [-0.39, 0.29) is 18.2 Å². The van der Waals surface area contributed by atoms with Gasteiger partial charge in [-0.25, -0.2) is 4.98 Å². The Hall–Kier alpha value is -0.870. The van der Waals surface area contributed by atoms with Gasteiger partial charge in [0.25, 0.3) is 0 Å². The predicted octanol–water partition coefficient (Wildman–Crippen LogP) is 1.74. The molecule has 2 aliphatic rings. The lowest BCUT2D eigenvalue weighted by molar-refractivity contribution is -0.0102. The summed E-state index contributed by atoms with van der Waals surface area (Å²) in [7, 11) is 0. The van der Waals surface area contributed by atoms with Gasteiger partial charge in [-0.2, -0.15) is 0 Å². The van der Waals surface area contributed by atoms with Crippen molar-refractivity contribution in [2.45, 2.75) is 64.3 Å². The first kappa shape index (κ1) is 11.2. The van der Waals surface area contributed by atoms with E-state index >= 15 is 0 Å². The highest BCUT2D eigenvalue weighted by atomic mass is 16.5. The van der Waals surface area contributed by atoms with E-state index in [1.165, 1.54) is 17.2 Å². The van der Waals surface area contributed by atoms with Crippen LogP contribution in [0.5, 0.6) is 0 Å². The summed E-state index contributed by atoms with van der Waals surface area (Å²) in [5.74, 6) is 1.67. The van der Waals surface area contributed by atoms with Crippen molar-refractivity contribution in [3.63, 3.8) is 0 Å². The number of rotatable bonds is 0. The van der Waals surface area contributed by atoms with Gasteiger partial charge in [0.15, 0.2) is 0 Å². The van der Waals surface area contributed by atoms with Gasteiger partial charge in [0.1, 0.15) is 5.82 Å². The summed E-state index contributed by atoms with van der Waals surface area (Å²) < 4.78 is 8.22. The molecule has 0 aromatic carbocycles. The predicted molar refractivity (Wildman–Crippen MR) is 65.9 cm³/mol. The lowest BCUT2D eigenvalue weighted by Gasteiger charge is -2.30. The number of ether oxygens (including phenoxy) is 1. The van der Waals surface area contributed by atoms with Crippen LogP contribution in [0.15, 0.2) is 0 Å². The van der Waals surface area contributed by atoms with Crippen LogP contribution in [0.3, 0.4) is 0 Å². The fourth-order valence-electron chi connectivity index (χ4n) is 3.31. The third kappa shape index (κ3) is 1.70. The molecule has 4 unspecified atom stereocenters. The van der Waals surface area contributed by atoms with Crippen LogP contribution in [-0.4, -0.2) is 21.7 Å². The van der Waals surface area contributed by atoms with Crippen molar-refractivity contribution >= 4 is 0 Å². The van der Waals surface area contributed by atoms with Gasteiger partial charge in [0, 0.05) is 24.9 Å². The van der Waals surface area contributed by atoms with Crippen molar-refractivity contribution in [2.75, 3.05) is 0 Å². The molecule has 4 nitrogen and oxygen atoms in total. The maximum atomic E-state index is 6.12. The molecule has 94 valence electrons. The Morgan fingerprint density at radius 1 is 1.35 bits per heavy atom. The molecule has 1 aromatic heterocycles. The maximum absolute atomic E-state index is 6.12. The van der Waals surface area contributed by atoms with Crippen molar-refractivity contribution < 1.29 is 4.74 Å². The molecule has 3 rings (SSSR count). The van der Waals surface area contributed by atoms with Gasteiger partial charge in [-0.05, 0) is 20.3 Å². The van der Waals surface area contributed by atoms with E-state index in [9.17, 15) is 0 Å². The minimum absolute atomic E-state index is 0.146. The molecule has 17 heavy (non-hydrogen) atoms. The number of fused-ring (bicyclic) bond motifs is 3. The summed E-state index contributed by atoms with van der Waals surface area (Å²) >= 11 is 0. The second-order valence-electron chi connectivity index (χ2n) is 5.60. The van der Waals surface area contributed by atoms with Gasteiger partial charge in [-0.1, -0.05) is 6.92 Å². The third-order valence-corrected chi connectivity index (χ3v) is 3.93. The zero-order valence-electron chi connectivity index (χ0n) is 10.8. The largest absolute Gasteiger partial charge is 0.369 e. The zero-order valence-corrected chi connectivity index (χ0v) is 10.8. The maximum Gasteiger partial charge on any atom is 0.112 e. The molecular formula is C13H21N3O.